The van der Waals surface area contributed by atoms with Crippen LogP contribution in [0, 0.1) is 12.7 Å². The molecule has 0 bridgehead atoms. The zero-order chi connectivity index (χ0) is 25.4. The highest BCUT2D eigenvalue weighted by molar-refractivity contribution is 5.65. The van der Waals surface area contributed by atoms with E-state index >= 15 is 0 Å². The molecule has 0 unspecified atom stereocenters. The molecule has 4 heterocycles. The average Bonchev–Trinajstić information content (AvgIpc) is 3.47. The van der Waals surface area contributed by atoms with Gasteiger partial charge in [-0.1, -0.05) is 0 Å². The van der Waals surface area contributed by atoms with Crippen molar-refractivity contribution in [2.45, 2.75) is 38.4 Å². The molecule has 3 aromatic heterocycles. The standard InChI is InChI=1S/C25H22F4N6O/c1-15-13-34(14-30-15)21-9-6-17(31-24(21)36-2)7-10-22-32-23-18(4-3-11-35(23)33-22)19-12-16(26)5-8-20(19)25(27,28)29/h5-10,12-14,18H,3-4,11H2,1-2H3/t18-/m1/s1. The highest BCUT2D eigenvalue weighted by Crippen LogP contribution is 2.40. The van der Waals surface area contributed by atoms with Crippen molar-refractivity contribution < 1.29 is 22.3 Å². The van der Waals surface area contributed by atoms with Gasteiger partial charge >= 0.3 is 6.18 Å². The van der Waals surface area contributed by atoms with Gasteiger partial charge in [-0.25, -0.2) is 24.0 Å². The summed E-state index contributed by atoms with van der Waals surface area (Å²) < 4.78 is 63.6. The Labute approximate surface area is 204 Å². The minimum Gasteiger partial charge on any atom is -0.479 e. The van der Waals surface area contributed by atoms with Gasteiger partial charge in [0.15, 0.2) is 5.82 Å². The molecule has 36 heavy (non-hydrogen) atoms. The lowest BCUT2D eigenvalue weighted by atomic mass is 9.87. The Bertz CT molecular complexity index is 1440. The number of aryl methyl sites for hydroxylation is 2. The van der Waals surface area contributed by atoms with Crippen molar-refractivity contribution in [3.63, 3.8) is 0 Å². The van der Waals surface area contributed by atoms with Crippen molar-refractivity contribution in [2.75, 3.05) is 7.11 Å². The maximum atomic E-state index is 13.9. The number of ether oxygens (including phenoxy) is 1. The van der Waals surface area contributed by atoms with Crippen LogP contribution in [0.25, 0.3) is 17.8 Å². The molecule has 1 aliphatic rings. The van der Waals surface area contributed by atoms with E-state index in [1.54, 1.807) is 33.8 Å². The Morgan fingerprint density at radius 1 is 1.11 bits per heavy atom. The van der Waals surface area contributed by atoms with E-state index in [2.05, 4.69) is 20.1 Å². The van der Waals surface area contributed by atoms with E-state index in [4.69, 9.17) is 4.74 Å². The summed E-state index contributed by atoms with van der Waals surface area (Å²) in [6.45, 7) is 2.40. The number of imidazole rings is 1. The van der Waals surface area contributed by atoms with Gasteiger partial charge in [0.05, 0.1) is 30.4 Å². The van der Waals surface area contributed by atoms with Crippen LogP contribution < -0.4 is 4.74 Å². The number of alkyl halides is 3. The Kier molecular flexibility index (Phi) is 6.07. The largest absolute Gasteiger partial charge is 0.479 e. The molecule has 5 rings (SSSR count). The van der Waals surface area contributed by atoms with E-state index in [9.17, 15) is 17.6 Å². The van der Waals surface area contributed by atoms with Crippen molar-refractivity contribution in [1.82, 2.24) is 29.3 Å². The molecular weight excluding hydrogens is 476 g/mol. The molecule has 1 atom stereocenters. The van der Waals surface area contributed by atoms with E-state index in [1.165, 1.54) is 7.11 Å². The fourth-order valence-corrected chi connectivity index (χ4v) is 4.41. The molecular formula is C25H22F4N6O. The quantitative estimate of drug-likeness (QED) is 0.343. The van der Waals surface area contributed by atoms with Crippen molar-refractivity contribution in [1.29, 1.82) is 0 Å². The molecule has 0 N–H and O–H groups in total. The van der Waals surface area contributed by atoms with E-state index in [0.717, 1.165) is 29.6 Å². The second kappa shape index (κ2) is 9.21. The Morgan fingerprint density at radius 2 is 1.94 bits per heavy atom. The summed E-state index contributed by atoms with van der Waals surface area (Å²) in [6, 6.07) is 6.21. The van der Waals surface area contributed by atoms with Gasteiger partial charge in [0, 0.05) is 18.7 Å². The van der Waals surface area contributed by atoms with Crippen molar-refractivity contribution in [2.24, 2.45) is 0 Å². The maximum absolute atomic E-state index is 13.9. The number of nitrogens with zero attached hydrogens (tertiary/aromatic N) is 6. The van der Waals surface area contributed by atoms with Crippen LogP contribution in [0.2, 0.25) is 0 Å². The molecule has 1 aliphatic heterocycles. The zero-order valence-corrected chi connectivity index (χ0v) is 19.5. The van der Waals surface area contributed by atoms with Crippen molar-refractivity contribution in [3.05, 3.63) is 82.8 Å². The molecule has 0 spiro atoms. The van der Waals surface area contributed by atoms with Gasteiger partial charge < -0.3 is 9.30 Å². The number of aromatic nitrogens is 6. The molecule has 0 radical (unpaired) electrons. The van der Waals surface area contributed by atoms with Gasteiger partial charge in [0.2, 0.25) is 5.88 Å². The summed E-state index contributed by atoms with van der Waals surface area (Å²) >= 11 is 0. The van der Waals surface area contributed by atoms with E-state index in [0.29, 0.717) is 42.6 Å². The topological polar surface area (TPSA) is 70.7 Å². The first-order chi connectivity index (χ1) is 17.2. The number of hydrogen-bond donors (Lipinski definition) is 0. The molecule has 0 amide bonds. The fraction of sp³-hybridized carbons (Fsp3) is 0.280. The zero-order valence-electron chi connectivity index (χ0n) is 19.5. The van der Waals surface area contributed by atoms with Gasteiger partial charge in [-0.3, -0.25) is 0 Å². The Balaban J connectivity index is 1.45. The minimum absolute atomic E-state index is 0.122. The van der Waals surface area contributed by atoms with Crippen LogP contribution in [-0.2, 0) is 12.7 Å². The van der Waals surface area contributed by atoms with Crippen molar-refractivity contribution >= 4 is 12.2 Å². The van der Waals surface area contributed by atoms with E-state index in [1.807, 2.05) is 19.2 Å². The summed E-state index contributed by atoms with van der Waals surface area (Å²) in [6.07, 6.45) is 3.29. The van der Waals surface area contributed by atoms with Crippen LogP contribution in [-0.4, -0.2) is 36.4 Å². The predicted octanol–water partition coefficient (Wildman–Crippen LogP) is 5.43. The Morgan fingerprint density at radius 3 is 2.67 bits per heavy atom. The number of fused-ring (bicyclic) bond motifs is 1. The molecule has 4 aromatic rings. The van der Waals surface area contributed by atoms with Gasteiger partial charge in [-0.05, 0) is 67.8 Å². The summed E-state index contributed by atoms with van der Waals surface area (Å²) in [5.41, 5.74) is 1.19. The summed E-state index contributed by atoms with van der Waals surface area (Å²) in [5, 5.41) is 4.44. The summed E-state index contributed by atoms with van der Waals surface area (Å²) in [4.78, 5) is 13.2. The highest BCUT2D eigenvalue weighted by Gasteiger charge is 2.37. The van der Waals surface area contributed by atoms with E-state index in [-0.39, 0.29) is 5.56 Å². The monoisotopic (exact) mass is 498 g/mol. The number of halogens is 4. The highest BCUT2D eigenvalue weighted by atomic mass is 19.4. The maximum Gasteiger partial charge on any atom is 0.416 e. The second-order valence-electron chi connectivity index (χ2n) is 8.50. The predicted molar refractivity (Wildman–Crippen MR) is 124 cm³/mol. The molecule has 11 heteroatoms. The molecule has 0 saturated heterocycles. The number of hydrogen-bond acceptors (Lipinski definition) is 5. The van der Waals surface area contributed by atoms with Gasteiger partial charge in [-0.2, -0.15) is 18.3 Å². The normalized spacial score (nSPS) is 15.9. The SMILES string of the molecule is COc1nc(C=Cc2nc3n(n2)CCC[C@@H]3c2cc(F)ccc2C(F)(F)F)ccc1-n1cnc(C)c1. The molecule has 0 fully saturated rings. The number of rotatable bonds is 5. The average molecular weight is 498 g/mol. The third-order valence-electron chi connectivity index (χ3n) is 6.03. The van der Waals surface area contributed by atoms with Crippen molar-refractivity contribution in [3.8, 4) is 11.6 Å². The Hall–Kier alpha value is -4.02. The lowest BCUT2D eigenvalue weighted by molar-refractivity contribution is -0.138. The van der Waals surface area contributed by atoms with Gasteiger partial charge in [0.25, 0.3) is 0 Å². The lowest BCUT2D eigenvalue weighted by Crippen LogP contribution is -2.21. The van der Waals surface area contributed by atoms with Gasteiger partial charge in [-0.15, -0.1) is 0 Å². The first kappa shape index (κ1) is 23.7. The minimum atomic E-state index is -4.60. The van der Waals surface area contributed by atoms with Crippen LogP contribution in [0.5, 0.6) is 5.88 Å². The molecule has 0 saturated carbocycles. The summed E-state index contributed by atoms with van der Waals surface area (Å²) in [7, 11) is 1.52. The van der Waals surface area contributed by atoms with E-state index < -0.39 is 23.5 Å². The summed E-state index contributed by atoms with van der Waals surface area (Å²) in [5.74, 6) is -0.316. The molecule has 1 aromatic carbocycles. The van der Waals surface area contributed by atoms with Crippen LogP contribution in [0.3, 0.4) is 0 Å². The number of methoxy groups -OCH3 is 1. The number of benzene rings is 1. The van der Waals surface area contributed by atoms with Crippen LogP contribution in [0.4, 0.5) is 17.6 Å². The molecule has 0 aliphatic carbocycles. The molecule has 186 valence electrons. The number of pyridine rings is 1. The third-order valence-corrected chi connectivity index (χ3v) is 6.03. The smallest absolute Gasteiger partial charge is 0.416 e. The van der Waals surface area contributed by atoms with Crippen LogP contribution in [0.15, 0.2) is 42.9 Å². The molecule has 7 nitrogen and oxygen atoms in total. The van der Waals surface area contributed by atoms with Gasteiger partial charge in [0.1, 0.15) is 17.3 Å². The third kappa shape index (κ3) is 4.60. The first-order valence-electron chi connectivity index (χ1n) is 11.3. The first-order valence-corrected chi connectivity index (χ1v) is 11.3. The lowest BCUT2D eigenvalue weighted by Gasteiger charge is -2.25. The fourth-order valence-electron chi connectivity index (χ4n) is 4.41. The van der Waals surface area contributed by atoms with Crippen LogP contribution >= 0.6 is 0 Å². The van der Waals surface area contributed by atoms with Crippen LogP contribution in [0.1, 0.15) is 52.9 Å². The second-order valence-corrected chi connectivity index (χ2v) is 8.50.